The number of esters is 2. The molecule has 2 amide bonds. The number of carbonyl (C=O) groups excluding carboxylic acids is 6. The molecule has 0 bridgehead atoms. The number of Topliss-reactive ketones (excluding diaryl/α,β-unsaturated/α-hetero) is 2. The van der Waals surface area contributed by atoms with Crippen LogP contribution in [0, 0.1) is 11.8 Å². The van der Waals surface area contributed by atoms with Gasteiger partial charge in [-0.1, -0.05) is 0 Å². The lowest BCUT2D eigenvalue weighted by molar-refractivity contribution is -0.152. The maximum absolute atomic E-state index is 12.0. The van der Waals surface area contributed by atoms with Crippen LogP contribution in [0.5, 0.6) is 0 Å². The maximum Gasteiger partial charge on any atom is 0.318 e. The molecular weight excluding hydrogens is 348 g/mol. The van der Waals surface area contributed by atoms with Crippen molar-refractivity contribution in [3.8, 4) is 0 Å². The minimum atomic E-state index is -1.18. The number of nitrogens with zero attached hydrogens (tertiary/aromatic N) is 2. The standard InChI is InChI=1S/C16H20N2O8/c1-3-25-15(23)9-7-17(13(21)11(9)19)5-6-18-8-10(12(20)14(18)22)16(24)26-4-2/h9-10H,3-8H2,1-2H3. The first kappa shape index (κ1) is 19.5. The Morgan fingerprint density at radius 1 is 0.808 bits per heavy atom. The molecule has 0 saturated carbocycles. The van der Waals surface area contributed by atoms with Gasteiger partial charge in [0.2, 0.25) is 11.6 Å². The van der Waals surface area contributed by atoms with Crippen molar-refractivity contribution in [1.29, 1.82) is 0 Å². The summed E-state index contributed by atoms with van der Waals surface area (Å²) in [5.74, 6) is -7.23. The van der Waals surface area contributed by atoms with Gasteiger partial charge in [0.15, 0.2) is 0 Å². The van der Waals surface area contributed by atoms with Crippen LogP contribution in [0.4, 0.5) is 0 Å². The van der Waals surface area contributed by atoms with Crippen LogP contribution in [-0.2, 0) is 38.2 Å². The number of amides is 2. The van der Waals surface area contributed by atoms with Crippen molar-refractivity contribution in [2.24, 2.45) is 11.8 Å². The van der Waals surface area contributed by atoms with E-state index in [4.69, 9.17) is 9.47 Å². The first-order chi connectivity index (χ1) is 12.3. The lowest BCUT2D eigenvalue weighted by atomic mass is 10.1. The first-order valence-electron chi connectivity index (χ1n) is 8.31. The Bertz CT molecular complexity index is 603. The maximum atomic E-state index is 12.0. The molecule has 0 aromatic heterocycles. The Balaban J connectivity index is 1.94. The molecule has 2 aliphatic rings. The van der Waals surface area contributed by atoms with Gasteiger partial charge in [0.05, 0.1) is 13.2 Å². The summed E-state index contributed by atoms with van der Waals surface area (Å²) in [6, 6.07) is 0. The molecule has 2 heterocycles. The van der Waals surface area contributed by atoms with Crippen molar-refractivity contribution >= 4 is 35.3 Å². The predicted molar refractivity (Wildman–Crippen MR) is 83.4 cm³/mol. The molecule has 0 N–H and O–H groups in total. The molecular formula is C16H20N2O8. The third kappa shape index (κ3) is 3.73. The van der Waals surface area contributed by atoms with Crippen LogP contribution in [0.25, 0.3) is 0 Å². The lowest BCUT2D eigenvalue weighted by Crippen LogP contribution is -2.38. The number of hydrogen-bond acceptors (Lipinski definition) is 8. The van der Waals surface area contributed by atoms with Gasteiger partial charge in [-0.15, -0.1) is 0 Å². The second-order valence-corrected chi connectivity index (χ2v) is 5.84. The summed E-state index contributed by atoms with van der Waals surface area (Å²) in [6.45, 7) is 3.04. The van der Waals surface area contributed by atoms with E-state index >= 15 is 0 Å². The fraction of sp³-hybridized carbons (Fsp3) is 0.625. The average Bonchev–Trinajstić information content (AvgIpc) is 3.05. The van der Waals surface area contributed by atoms with Crippen molar-refractivity contribution in [2.75, 3.05) is 39.4 Å². The van der Waals surface area contributed by atoms with Crippen molar-refractivity contribution in [2.45, 2.75) is 13.8 Å². The normalized spacial score (nSPS) is 23.0. The molecule has 0 spiro atoms. The first-order valence-corrected chi connectivity index (χ1v) is 8.31. The molecule has 0 aromatic rings. The summed E-state index contributed by atoms with van der Waals surface area (Å²) in [5.41, 5.74) is 0. The second-order valence-electron chi connectivity index (χ2n) is 5.84. The van der Waals surface area contributed by atoms with Crippen LogP contribution in [0.3, 0.4) is 0 Å². The minimum absolute atomic E-state index is 0.0327. The molecule has 2 aliphatic heterocycles. The second kappa shape index (κ2) is 8.07. The van der Waals surface area contributed by atoms with E-state index in [1.54, 1.807) is 13.8 Å². The molecule has 2 unspecified atom stereocenters. The van der Waals surface area contributed by atoms with E-state index in [0.717, 1.165) is 9.80 Å². The summed E-state index contributed by atoms with van der Waals surface area (Å²) in [4.78, 5) is 73.3. The number of likely N-dealkylation sites (tertiary alicyclic amines) is 2. The van der Waals surface area contributed by atoms with Gasteiger partial charge in [0, 0.05) is 26.2 Å². The number of ketones is 2. The molecule has 0 aromatic carbocycles. The summed E-state index contributed by atoms with van der Waals surface area (Å²) in [7, 11) is 0. The largest absolute Gasteiger partial charge is 0.465 e. The highest BCUT2D eigenvalue weighted by Crippen LogP contribution is 2.19. The zero-order valence-electron chi connectivity index (χ0n) is 14.6. The summed E-state index contributed by atoms with van der Waals surface area (Å²) >= 11 is 0. The zero-order valence-corrected chi connectivity index (χ0v) is 14.6. The SMILES string of the molecule is CCOC(=O)C1CN(CCN2CC(C(=O)OCC)C(=O)C2=O)C(=O)C1=O. The molecule has 10 nitrogen and oxygen atoms in total. The lowest BCUT2D eigenvalue weighted by Gasteiger charge is -2.20. The number of hydrogen-bond donors (Lipinski definition) is 0. The van der Waals surface area contributed by atoms with Gasteiger partial charge >= 0.3 is 11.9 Å². The monoisotopic (exact) mass is 368 g/mol. The Morgan fingerprint density at radius 3 is 1.46 bits per heavy atom. The smallest absolute Gasteiger partial charge is 0.318 e. The fourth-order valence-corrected chi connectivity index (χ4v) is 2.86. The van der Waals surface area contributed by atoms with Gasteiger partial charge < -0.3 is 19.3 Å². The fourth-order valence-electron chi connectivity index (χ4n) is 2.86. The molecule has 2 rings (SSSR count). The van der Waals surface area contributed by atoms with Crippen molar-refractivity contribution in [1.82, 2.24) is 9.80 Å². The van der Waals surface area contributed by atoms with Gasteiger partial charge in [-0.25, -0.2) is 0 Å². The van der Waals surface area contributed by atoms with Gasteiger partial charge in [-0.2, -0.15) is 0 Å². The van der Waals surface area contributed by atoms with Crippen LogP contribution < -0.4 is 0 Å². The summed E-state index contributed by atoms with van der Waals surface area (Å²) < 4.78 is 9.53. The third-order valence-electron chi connectivity index (χ3n) is 4.22. The van der Waals surface area contributed by atoms with Crippen LogP contribution in [0.15, 0.2) is 0 Å². The number of carbonyl (C=O) groups is 6. The van der Waals surface area contributed by atoms with Crippen LogP contribution in [-0.4, -0.2) is 84.5 Å². The quantitative estimate of drug-likeness (QED) is 0.292. The highest BCUT2D eigenvalue weighted by molar-refractivity contribution is 6.43. The molecule has 2 saturated heterocycles. The van der Waals surface area contributed by atoms with Gasteiger partial charge in [0.1, 0.15) is 11.8 Å². The van der Waals surface area contributed by atoms with Gasteiger partial charge in [-0.3, -0.25) is 28.8 Å². The summed E-state index contributed by atoms with van der Waals surface area (Å²) in [6.07, 6.45) is 0. The molecule has 2 atom stereocenters. The summed E-state index contributed by atoms with van der Waals surface area (Å²) in [5, 5.41) is 0. The van der Waals surface area contributed by atoms with E-state index in [1.807, 2.05) is 0 Å². The molecule has 2 fully saturated rings. The Hall–Kier alpha value is -2.78. The van der Waals surface area contributed by atoms with Crippen molar-refractivity contribution < 1.29 is 38.2 Å². The number of rotatable bonds is 7. The van der Waals surface area contributed by atoms with E-state index in [2.05, 4.69) is 0 Å². The highest BCUT2D eigenvalue weighted by atomic mass is 16.5. The van der Waals surface area contributed by atoms with Crippen molar-refractivity contribution in [3.63, 3.8) is 0 Å². The molecule has 0 radical (unpaired) electrons. The molecule has 26 heavy (non-hydrogen) atoms. The van der Waals surface area contributed by atoms with E-state index in [1.165, 1.54) is 0 Å². The zero-order chi connectivity index (χ0) is 19.4. The van der Waals surface area contributed by atoms with E-state index < -0.39 is 47.2 Å². The Kier molecular flexibility index (Phi) is 6.06. The topological polar surface area (TPSA) is 127 Å². The highest BCUT2D eigenvalue weighted by Gasteiger charge is 2.46. The Labute approximate surface area is 149 Å². The van der Waals surface area contributed by atoms with E-state index in [-0.39, 0.29) is 39.4 Å². The van der Waals surface area contributed by atoms with Crippen LogP contribution in [0.2, 0.25) is 0 Å². The van der Waals surface area contributed by atoms with E-state index in [0.29, 0.717) is 0 Å². The molecule has 10 heteroatoms. The third-order valence-corrected chi connectivity index (χ3v) is 4.22. The average molecular weight is 368 g/mol. The minimum Gasteiger partial charge on any atom is -0.465 e. The van der Waals surface area contributed by atoms with Gasteiger partial charge in [0.25, 0.3) is 11.8 Å². The van der Waals surface area contributed by atoms with E-state index in [9.17, 15) is 28.8 Å². The van der Waals surface area contributed by atoms with Crippen LogP contribution >= 0.6 is 0 Å². The molecule has 0 aliphatic carbocycles. The molecule has 142 valence electrons. The number of ether oxygens (including phenoxy) is 2. The van der Waals surface area contributed by atoms with Gasteiger partial charge in [-0.05, 0) is 13.8 Å². The predicted octanol–water partition coefficient (Wildman–Crippen LogP) is -1.83. The van der Waals surface area contributed by atoms with Crippen molar-refractivity contribution in [3.05, 3.63) is 0 Å². The van der Waals surface area contributed by atoms with Crippen LogP contribution in [0.1, 0.15) is 13.8 Å². The Morgan fingerprint density at radius 2 is 1.15 bits per heavy atom.